The second-order valence-corrected chi connectivity index (χ2v) is 5.38. The molecule has 2 heterocycles. The van der Waals surface area contributed by atoms with Gasteiger partial charge in [-0.25, -0.2) is 4.79 Å². The van der Waals surface area contributed by atoms with Gasteiger partial charge in [0, 0.05) is 6.07 Å². The molecular weight excluding hydrogens is 288 g/mol. The van der Waals surface area contributed by atoms with Gasteiger partial charge in [0.15, 0.2) is 11.9 Å². The minimum absolute atomic E-state index is 0.104. The molecule has 0 bridgehead atoms. The topological polar surface area (TPSA) is 89.1 Å². The van der Waals surface area contributed by atoms with Crippen LogP contribution in [-0.2, 0) is 9.53 Å². The fourth-order valence-corrected chi connectivity index (χ4v) is 2.47. The number of hydrogen-bond acceptors (Lipinski definition) is 5. The first-order chi connectivity index (χ1) is 10.5. The van der Waals surface area contributed by atoms with Crippen molar-refractivity contribution in [3.63, 3.8) is 0 Å². The molecule has 1 aromatic rings. The minimum atomic E-state index is -0.281. The van der Waals surface area contributed by atoms with E-state index < -0.39 is 0 Å². The molecule has 1 aliphatic rings. The molecule has 8 nitrogen and oxygen atoms in total. The predicted octanol–water partition coefficient (Wildman–Crippen LogP) is -0.333. The Hall–Kier alpha value is -2.09. The van der Waals surface area contributed by atoms with Gasteiger partial charge < -0.3 is 19.5 Å². The lowest BCUT2D eigenvalue weighted by atomic mass is 10.2. The van der Waals surface area contributed by atoms with Gasteiger partial charge in [-0.15, -0.1) is 0 Å². The van der Waals surface area contributed by atoms with Crippen LogP contribution in [-0.4, -0.2) is 60.9 Å². The molecule has 0 aromatic carbocycles. The van der Waals surface area contributed by atoms with Crippen molar-refractivity contribution in [2.24, 2.45) is 0 Å². The summed E-state index contributed by atoms with van der Waals surface area (Å²) in [5.74, 6) is 0.977. The average Bonchev–Trinajstić information content (AvgIpc) is 2.92. The minimum Gasteiger partial charge on any atom is -0.450 e. The van der Waals surface area contributed by atoms with Crippen molar-refractivity contribution < 1.29 is 23.7 Å². The summed E-state index contributed by atoms with van der Waals surface area (Å²) in [7, 11) is 0. The highest BCUT2D eigenvalue weighted by Crippen LogP contribution is 2.07. The summed E-state index contributed by atoms with van der Waals surface area (Å²) in [5.41, 5.74) is 0. The smallest absolute Gasteiger partial charge is 0.410 e. The number of nitrogens with zero attached hydrogens (tertiary/aromatic N) is 2. The number of aromatic nitrogens is 1. The highest BCUT2D eigenvalue weighted by atomic mass is 16.6. The van der Waals surface area contributed by atoms with E-state index in [2.05, 4.69) is 10.5 Å². The van der Waals surface area contributed by atoms with E-state index in [-0.39, 0.29) is 18.0 Å². The van der Waals surface area contributed by atoms with Gasteiger partial charge in [-0.3, -0.25) is 9.69 Å². The summed E-state index contributed by atoms with van der Waals surface area (Å²) in [6, 6.07) is 1.46. The van der Waals surface area contributed by atoms with Crippen LogP contribution in [0.5, 0.6) is 0 Å². The largest absolute Gasteiger partial charge is 0.450 e. The Morgan fingerprint density at radius 1 is 1.50 bits per heavy atom. The first-order valence-corrected chi connectivity index (χ1v) is 7.51. The molecule has 122 valence electrons. The van der Waals surface area contributed by atoms with Gasteiger partial charge in [-0.2, -0.15) is 0 Å². The van der Waals surface area contributed by atoms with Gasteiger partial charge >= 0.3 is 6.09 Å². The molecule has 1 fully saturated rings. The van der Waals surface area contributed by atoms with E-state index in [1.807, 2.05) is 6.92 Å². The summed E-state index contributed by atoms with van der Waals surface area (Å²) in [5, 5.41) is 6.50. The third-order valence-electron chi connectivity index (χ3n) is 3.82. The number of carbonyl (C=O) groups is 2. The van der Waals surface area contributed by atoms with Crippen molar-refractivity contribution in [3.05, 3.63) is 11.8 Å². The van der Waals surface area contributed by atoms with E-state index >= 15 is 0 Å². The molecule has 0 aliphatic carbocycles. The van der Waals surface area contributed by atoms with Gasteiger partial charge in [0.2, 0.25) is 0 Å². The number of amides is 2. The monoisotopic (exact) mass is 311 g/mol. The van der Waals surface area contributed by atoms with Crippen LogP contribution in [0.15, 0.2) is 10.6 Å². The van der Waals surface area contributed by atoms with Crippen molar-refractivity contribution in [1.82, 2.24) is 10.1 Å². The SMILES string of the molecule is CCOC(=O)N1CC[NH+]([C@@H](C)C(=O)Nc2cc(C)on2)CC1. The van der Waals surface area contributed by atoms with E-state index in [0.717, 1.165) is 4.90 Å². The maximum Gasteiger partial charge on any atom is 0.410 e. The third kappa shape index (κ3) is 3.97. The molecule has 0 saturated carbocycles. The zero-order valence-corrected chi connectivity index (χ0v) is 13.2. The molecular formula is C14H23N4O4+. The lowest BCUT2D eigenvalue weighted by molar-refractivity contribution is -0.917. The number of piperazine rings is 1. The van der Waals surface area contributed by atoms with Crippen molar-refractivity contribution in [2.75, 3.05) is 38.1 Å². The van der Waals surface area contributed by atoms with Crippen molar-refractivity contribution in [3.8, 4) is 0 Å². The molecule has 22 heavy (non-hydrogen) atoms. The number of nitrogens with one attached hydrogen (secondary N) is 2. The second kappa shape index (κ2) is 7.26. The van der Waals surface area contributed by atoms with Gasteiger partial charge in [-0.1, -0.05) is 5.16 Å². The predicted molar refractivity (Wildman–Crippen MR) is 78.6 cm³/mol. The van der Waals surface area contributed by atoms with Crippen LogP contribution < -0.4 is 10.2 Å². The summed E-state index contributed by atoms with van der Waals surface area (Å²) in [6.07, 6.45) is -0.281. The van der Waals surface area contributed by atoms with Crippen molar-refractivity contribution in [2.45, 2.75) is 26.8 Å². The number of rotatable bonds is 4. The molecule has 2 N–H and O–H groups in total. The van der Waals surface area contributed by atoms with Crippen LogP contribution in [0.4, 0.5) is 10.6 Å². The Balaban J connectivity index is 1.82. The zero-order valence-electron chi connectivity index (χ0n) is 13.2. The molecule has 1 saturated heterocycles. The lowest BCUT2D eigenvalue weighted by Crippen LogP contribution is -3.19. The molecule has 8 heteroatoms. The molecule has 0 spiro atoms. The summed E-state index contributed by atoms with van der Waals surface area (Å²) < 4.78 is 9.91. The number of anilines is 1. The van der Waals surface area contributed by atoms with E-state index in [1.54, 1.807) is 24.8 Å². The van der Waals surface area contributed by atoms with Gasteiger partial charge in [0.1, 0.15) is 5.76 Å². The van der Waals surface area contributed by atoms with Crippen LogP contribution in [0.2, 0.25) is 0 Å². The second-order valence-electron chi connectivity index (χ2n) is 5.38. The van der Waals surface area contributed by atoms with Crippen LogP contribution in [0.3, 0.4) is 0 Å². The number of ether oxygens (including phenoxy) is 1. The maximum absolute atomic E-state index is 12.2. The third-order valence-corrected chi connectivity index (χ3v) is 3.82. The quantitative estimate of drug-likeness (QED) is 0.794. The van der Waals surface area contributed by atoms with Crippen LogP contribution >= 0.6 is 0 Å². The first-order valence-electron chi connectivity index (χ1n) is 7.51. The summed E-state index contributed by atoms with van der Waals surface area (Å²) in [6.45, 7) is 8.42. The summed E-state index contributed by atoms with van der Waals surface area (Å²) in [4.78, 5) is 26.7. The summed E-state index contributed by atoms with van der Waals surface area (Å²) >= 11 is 0. The van der Waals surface area contributed by atoms with Crippen LogP contribution in [0.25, 0.3) is 0 Å². The van der Waals surface area contributed by atoms with Gasteiger partial charge in [-0.05, 0) is 20.8 Å². The van der Waals surface area contributed by atoms with Crippen molar-refractivity contribution >= 4 is 17.8 Å². The Morgan fingerprint density at radius 3 is 2.73 bits per heavy atom. The molecule has 2 amide bonds. The Bertz CT molecular complexity index is 523. The first kappa shape index (κ1) is 16.3. The molecule has 0 radical (unpaired) electrons. The lowest BCUT2D eigenvalue weighted by Gasteiger charge is -2.34. The highest BCUT2D eigenvalue weighted by Gasteiger charge is 2.31. The average molecular weight is 311 g/mol. The Kier molecular flexibility index (Phi) is 5.37. The molecule has 1 atom stereocenters. The Morgan fingerprint density at radius 2 is 2.18 bits per heavy atom. The van der Waals surface area contributed by atoms with E-state index in [9.17, 15) is 9.59 Å². The maximum atomic E-state index is 12.2. The normalized spacial score (nSPS) is 17.1. The van der Waals surface area contributed by atoms with Crippen molar-refractivity contribution in [1.29, 1.82) is 0 Å². The highest BCUT2D eigenvalue weighted by molar-refractivity contribution is 5.92. The number of aryl methyl sites for hydroxylation is 1. The zero-order chi connectivity index (χ0) is 16.1. The van der Waals surface area contributed by atoms with E-state index in [0.29, 0.717) is 44.4 Å². The number of carbonyl (C=O) groups excluding carboxylic acids is 2. The fraction of sp³-hybridized carbons (Fsp3) is 0.643. The van der Waals surface area contributed by atoms with E-state index in [1.165, 1.54) is 0 Å². The van der Waals surface area contributed by atoms with E-state index in [4.69, 9.17) is 9.26 Å². The van der Waals surface area contributed by atoms with Crippen LogP contribution in [0.1, 0.15) is 19.6 Å². The van der Waals surface area contributed by atoms with Gasteiger partial charge in [0.25, 0.3) is 5.91 Å². The fourth-order valence-electron chi connectivity index (χ4n) is 2.47. The number of quaternary nitrogens is 1. The van der Waals surface area contributed by atoms with Crippen LogP contribution in [0, 0.1) is 6.92 Å². The molecule has 1 aromatic heterocycles. The Labute approximate surface area is 129 Å². The number of hydrogen-bond donors (Lipinski definition) is 2. The molecule has 0 unspecified atom stereocenters. The molecule has 1 aliphatic heterocycles. The molecule has 2 rings (SSSR count). The standard InChI is InChI=1S/C14H22N4O4/c1-4-21-14(20)18-7-5-17(6-8-18)11(3)13(19)15-12-9-10(2)22-16-12/h9,11H,4-8H2,1-3H3,(H,15,16,19)/p+1/t11-/m0/s1. The van der Waals surface area contributed by atoms with Gasteiger partial charge in [0.05, 0.1) is 32.8 Å².